The van der Waals surface area contributed by atoms with Gasteiger partial charge in [0.1, 0.15) is 6.17 Å². The fourth-order valence-electron chi connectivity index (χ4n) is 7.87. The molecule has 1 N–H and O–H groups in total. The molecule has 1 aromatic heterocycles. The Morgan fingerprint density at radius 2 is 2.00 bits per heavy atom. The number of esters is 1. The second-order valence-electron chi connectivity index (χ2n) is 11.0. The minimum absolute atomic E-state index is 0.000529. The summed E-state index contributed by atoms with van der Waals surface area (Å²) in [6.45, 7) is 4.81. The molecule has 6 nitrogen and oxygen atoms in total. The third kappa shape index (κ3) is 2.91. The highest BCUT2D eigenvalue weighted by Gasteiger charge is 2.78. The molecule has 0 saturated heterocycles. The lowest BCUT2D eigenvalue weighted by Gasteiger charge is -2.63. The summed E-state index contributed by atoms with van der Waals surface area (Å²) in [5.41, 5.74) is -7.07. The van der Waals surface area contributed by atoms with E-state index in [1.54, 1.807) is 13.8 Å². The van der Waals surface area contributed by atoms with Crippen LogP contribution < -0.4 is 0 Å². The number of aliphatic hydroxyl groups excluding tert-OH is 1. The van der Waals surface area contributed by atoms with Crippen molar-refractivity contribution < 1.29 is 42.1 Å². The lowest BCUT2D eigenvalue weighted by Crippen LogP contribution is -2.70. The highest BCUT2D eigenvalue weighted by molar-refractivity contribution is 7.80. The highest BCUT2D eigenvalue weighted by Crippen LogP contribution is 2.71. The van der Waals surface area contributed by atoms with Crippen molar-refractivity contribution in [1.82, 2.24) is 0 Å². The second-order valence-corrected chi connectivity index (χ2v) is 11.3. The number of carbonyl (C=O) groups excluding carboxylic acids is 2. The number of hydrogen-bond acceptors (Lipinski definition) is 7. The van der Waals surface area contributed by atoms with Crippen LogP contribution in [-0.2, 0) is 14.5 Å². The summed E-state index contributed by atoms with van der Waals surface area (Å²) in [4.78, 5) is 29.0. The molecule has 0 bridgehead atoms. The van der Waals surface area contributed by atoms with Gasteiger partial charge >= 0.3 is 5.97 Å². The van der Waals surface area contributed by atoms with Crippen LogP contribution in [0.4, 0.5) is 13.3 Å². The van der Waals surface area contributed by atoms with Crippen LogP contribution in [0.2, 0.25) is 0 Å². The zero-order valence-electron chi connectivity index (χ0n) is 20.0. The Balaban J connectivity index is 1.64. The normalized spacial score (nSPS) is 45.2. The van der Waals surface area contributed by atoms with Gasteiger partial charge in [0.15, 0.2) is 17.1 Å². The van der Waals surface area contributed by atoms with Crippen molar-refractivity contribution in [2.45, 2.75) is 63.6 Å². The molecule has 0 radical (unpaired) electrons. The Labute approximate surface area is 211 Å². The SMILES string of the molecule is CC1C[C@H]2[C@@H]3CC(F)C4=CC(=O)C=C[C@]4(C)[C@@]3(F)C(O)C[C@]2(C)C1(OC(=O)c1ccco1)C(=S)OF. The van der Waals surface area contributed by atoms with E-state index in [2.05, 4.69) is 4.94 Å². The van der Waals surface area contributed by atoms with E-state index >= 15 is 8.78 Å². The number of ether oxygens (including phenoxy) is 1. The first kappa shape index (κ1) is 25.2. The third-order valence-electron chi connectivity index (χ3n) is 9.52. The van der Waals surface area contributed by atoms with Crippen LogP contribution >= 0.6 is 12.2 Å². The van der Waals surface area contributed by atoms with Crippen molar-refractivity contribution in [1.29, 1.82) is 0 Å². The molecule has 5 rings (SSSR count). The molecule has 1 heterocycles. The molecule has 0 spiro atoms. The molecular formula is C26H27F3O6S. The first-order chi connectivity index (χ1) is 16.9. The van der Waals surface area contributed by atoms with Crippen LogP contribution in [0.3, 0.4) is 0 Å². The minimum Gasteiger partial charge on any atom is -0.457 e. The zero-order chi connectivity index (χ0) is 26.3. The monoisotopic (exact) mass is 524 g/mol. The van der Waals surface area contributed by atoms with E-state index in [1.165, 1.54) is 37.5 Å². The average molecular weight is 525 g/mol. The van der Waals surface area contributed by atoms with Gasteiger partial charge in [-0.2, -0.15) is 0 Å². The van der Waals surface area contributed by atoms with E-state index in [0.29, 0.717) is 0 Å². The molecule has 0 amide bonds. The zero-order valence-corrected chi connectivity index (χ0v) is 20.8. The number of alkyl halides is 2. The van der Waals surface area contributed by atoms with Crippen molar-refractivity contribution in [3.05, 3.63) is 48.0 Å². The van der Waals surface area contributed by atoms with Gasteiger partial charge in [-0.25, -0.2) is 13.6 Å². The summed E-state index contributed by atoms with van der Waals surface area (Å²) in [5, 5.41) is 10.8. The lowest BCUT2D eigenvalue weighted by molar-refractivity contribution is -0.218. The molecule has 4 aliphatic carbocycles. The molecule has 3 saturated carbocycles. The molecule has 36 heavy (non-hydrogen) atoms. The van der Waals surface area contributed by atoms with Crippen LogP contribution in [0.25, 0.3) is 0 Å². The van der Waals surface area contributed by atoms with E-state index in [1.807, 2.05) is 0 Å². The number of aliphatic hydroxyl groups is 1. The van der Waals surface area contributed by atoms with Crippen LogP contribution in [0.5, 0.6) is 0 Å². The Bertz CT molecular complexity index is 1180. The van der Waals surface area contributed by atoms with Gasteiger partial charge in [0.25, 0.3) is 5.05 Å². The Kier molecular flexibility index (Phi) is 5.61. The molecule has 0 aliphatic heterocycles. The smallest absolute Gasteiger partial charge is 0.375 e. The molecule has 0 aromatic carbocycles. The molecule has 3 fully saturated rings. The van der Waals surface area contributed by atoms with Gasteiger partial charge in [-0.1, -0.05) is 19.9 Å². The van der Waals surface area contributed by atoms with Crippen LogP contribution in [-0.4, -0.2) is 45.5 Å². The predicted molar refractivity (Wildman–Crippen MR) is 125 cm³/mol. The highest BCUT2D eigenvalue weighted by atomic mass is 32.1. The standard InChI is InChI=1S/C26H27F3O6S/c1-13-9-15-16-11-18(27)17-10-14(30)6-7-23(17,2)25(16,28)20(31)12-24(15,3)26(13,22(36)35-29)34-21(32)19-5-4-8-33-19/h4-8,10,13,15-16,18,20,31H,9,11-12H2,1-3H3/t13?,15-,16-,18?,20?,23-,24-,25-,26?/m0/s1. The van der Waals surface area contributed by atoms with Gasteiger partial charge in [-0.05, 0) is 74.2 Å². The van der Waals surface area contributed by atoms with Crippen LogP contribution in [0, 0.1) is 28.6 Å². The number of ketones is 1. The topological polar surface area (TPSA) is 86.0 Å². The van der Waals surface area contributed by atoms with Gasteiger partial charge in [0.2, 0.25) is 5.76 Å². The van der Waals surface area contributed by atoms with Crippen molar-refractivity contribution in [3.8, 4) is 0 Å². The van der Waals surface area contributed by atoms with Gasteiger partial charge in [-0.3, -0.25) is 9.74 Å². The fourth-order valence-corrected chi connectivity index (χ4v) is 8.34. The Hall–Kier alpha value is -2.46. The van der Waals surface area contributed by atoms with E-state index in [4.69, 9.17) is 21.4 Å². The van der Waals surface area contributed by atoms with Gasteiger partial charge in [-0.15, -0.1) is 0 Å². The van der Waals surface area contributed by atoms with Crippen LogP contribution in [0.1, 0.15) is 50.6 Å². The lowest BCUT2D eigenvalue weighted by atomic mass is 9.44. The maximum absolute atomic E-state index is 17.3. The van der Waals surface area contributed by atoms with Crippen molar-refractivity contribution in [2.24, 2.45) is 28.6 Å². The molecular weight excluding hydrogens is 497 g/mol. The summed E-state index contributed by atoms with van der Waals surface area (Å²) < 4.78 is 57.7. The van der Waals surface area contributed by atoms with E-state index in [-0.39, 0.29) is 30.6 Å². The van der Waals surface area contributed by atoms with Crippen molar-refractivity contribution in [3.63, 3.8) is 0 Å². The molecule has 4 aliphatic rings. The first-order valence-corrected chi connectivity index (χ1v) is 12.3. The number of furan rings is 1. The van der Waals surface area contributed by atoms with Crippen molar-refractivity contribution >= 4 is 29.0 Å². The predicted octanol–water partition coefficient (Wildman–Crippen LogP) is 4.97. The van der Waals surface area contributed by atoms with Gasteiger partial charge in [0.05, 0.1) is 12.4 Å². The number of thiocarbonyl (C=S) groups is 1. The van der Waals surface area contributed by atoms with Crippen LogP contribution in [0.15, 0.2) is 46.6 Å². The van der Waals surface area contributed by atoms with E-state index in [9.17, 15) is 19.2 Å². The average Bonchev–Trinajstić information content (AvgIpc) is 3.44. The van der Waals surface area contributed by atoms with Crippen molar-refractivity contribution in [2.75, 3.05) is 0 Å². The molecule has 9 atom stereocenters. The maximum Gasteiger partial charge on any atom is 0.375 e. The van der Waals surface area contributed by atoms with E-state index < -0.39 is 68.9 Å². The Morgan fingerprint density at radius 1 is 1.28 bits per heavy atom. The summed E-state index contributed by atoms with van der Waals surface area (Å²) in [7, 11) is 0. The molecule has 1 aromatic rings. The van der Waals surface area contributed by atoms with Gasteiger partial charge < -0.3 is 14.3 Å². The summed E-state index contributed by atoms with van der Waals surface area (Å²) >= 11 is 5.24. The summed E-state index contributed by atoms with van der Waals surface area (Å²) in [6.07, 6.45) is 1.26. The second kappa shape index (κ2) is 8.02. The summed E-state index contributed by atoms with van der Waals surface area (Å²) in [5.74, 6) is -3.87. The number of hydrogen-bond donors (Lipinski definition) is 1. The molecule has 10 heteroatoms. The number of allylic oxidation sites excluding steroid dienone is 4. The third-order valence-corrected chi connectivity index (χ3v) is 9.88. The number of rotatable bonds is 3. The molecule has 194 valence electrons. The van der Waals surface area contributed by atoms with Gasteiger partial charge in [0, 0.05) is 27.2 Å². The number of fused-ring (bicyclic) bond motifs is 5. The molecule has 4 unspecified atom stereocenters. The quantitative estimate of drug-likeness (QED) is 0.442. The first-order valence-electron chi connectivity index (χ1n) is 11.9. The maximum atomic E-state index is 17.3. The minimum atomic E-state index is -2.33. The van der Waals surface area contributed by atoms with E-state index in [0.717, 1.165) is 6.08 Å². The number of carbonyl (C=O) groups is 2. The fraction of sp³-hybridized carbons (Fsp3) is 0.577. The summed E-state index contributed by atoms with van der Waals surface area (Å²) in [6, 6.07) is 2.85. The largest absolute Gasteiger partial charge is 0.457 e. The Morgan fingerprint density at radius 3 is 2.64 bits per heavy atom. The number of halogens is 3.